The van der Waals surface area contributed by atoms with Crippen LogP contribution in [-0.2, 0) is 16.1 Å². The number of nitrogens with zero attached hydrogens (tertiary/aromatic N) is 5. The number of esters is 1. The second kappa shape index (κ2) is 7.59. The van der Waals surface area contributed by atoms with E-state index in [4.69, 9.17) is 4.74 Å². The molecule has 3 aromatic rings. The third-order valence-electron chi connectivity index (χ3n) is 4.99. The molecule has 1 atom stereocenters. The normalized spacial score (nSPS) is 17.1. The lowest BCUT2D eigenvalue weighted by atomic mass is 10.2. The molecule has 1 fully saturated rings. The maximum absolute atomic E-state index is 12.9. The average Bonchev–Trinajstić information content (AvgIpc) is 3.35. The number of thiazole rings is 1. The van der Waals surface area contributed by atoms with Crippen molar-refractivity contribution in [1.29, 1.82) is 0 Å². The smallest absolute Gasteiger partial charge is 0.359 e. The molecular weight excluding hydrogens is 378 g/mol. The summed E-state index contributed by atoms with van der Waals surface area (Å²) in [6.45, 7) is 4.16. The number of fused-ring (bicyclic) bond motifs is 1. The quantitative estimate of drug-likeness (QED) is 0.625. The van der Waals surface area contributed by atoms with Crippen LogP contribution in [0.15, 0.2) is 36.1 Å². The summed E-state index contributed by atoms with van der Waals surface area (Å²) >= 11 is 1.41. The van der Waals surface area contributed by atoms with Crippen LogP contribution in [0.1, 0.15) is 17.4 Å². The van der Waals surface area contributed by atoms with Crippen LogP contribution in [0.25, 0.3) is 11.0 Å². The Kier molecular flexibility index (Phi) is 4.99. The second-order valence-electron chi connectivity index (χ2n) is 6.74. The molecule has 1 aliphatic heterocycles. The number of piperazine rings is 1. The minimum absolute atomic E-state index is 0.0173. The van der Waals surface area contributed by atoms with Gasteiger partial charge >= 0.3 is 5.97 Å². The summed E-state index contributed by atoms with van der Waals surface area (Å²) in [5.41, 5.74) is 2.80. The Morgan fingerprint density at radius 3 is 2.93 bits per heavy atom. The number of carbonyl (C=O) groups excluding carboxylic acids is 2. The highest BCUT2D eigenvalue weighted by atomic mass is 32.1. The van der Waals surface area contributed by atoms with Gasteiger partial charge in [0.2, 0.25) is 5.91 Å². The van der Waals surface area contributed by atoms with E-state index >= 15 is 0 Å². The first-order chi connectivity index (χ1) is 13.6. The zero-order chi connectivity index (χ0) is 19.7. The maximum Gasteiger partial charge on any atom is 0.359 e. The predicted molar refractivity (Wildman–Crippen MR) is 107 cm³/mol. The van der Waals surface area contributed by atoms with Crippen molar-refractivity contribution in [3.05, 3.63) is 41.8 Å². The van der Waals surface area contributed by atoms with Crippen molar-refractivity contribution in [2.45, 2.75) is 19.5 Å². The first-order valence-corrected chi connectivity index (χ1v) is 9.92. The molecule has 0 aliphatic carbocycles. The number of hydrogen-bond donors (Lipinski definition) is 0. The van der Waals surface area contributed by atoms with Crippen molar-refractivity contribution in [2.75, 3.05) is 31.6 Å². The summed E-state index contributed by atoms with van der Waals surface area (Å²) in [6, 6.07) is 5.86. The molecule has 146 valence electrons. The fraction of sp³-hybridized carbons (Fsp3) is 0.368. The molecule has 0 bridgehead atoms. The molecule has 4 rings (SSSR count). The molecule has 9 heteroatoms. The van der Waals surface area contributed by atoms with Crippen LogP contribution in [0, 0.1) is 0 Å². The molecule has 4 heterocycles. The summed E-state index contributed by atoms with van der Waals surface area (Å²) in [5.74, 6) is -0.373. The largest absolute Gasteiger partial charge is 0.464 e. The van der Waals surface area contributed by atoms with Crippen LogP contribution >= 0.6 is 11.3 Å². The monoisotopic (exact) mass is 399 g/mol. The lowest BCUT2D eigenvalue weighted by Gasteiger charge is -2.40. The van der Waals surface area contributed by atoms with Crippen LogP contribution < -0.4 is 4.90 Å². The van der Waals surface area contributed by atoms with Crippen LogP contribution in [0.4, 0.5) is 5.00 Å². The molecule has 0 spiro atoms. The van der Waals surface area contributed by atoms with Gasteiger partial charge in [-0.3, -0.25) is 4.79 Å². The number of ether oxygens (including phenoxy) is 1. The van der Waals surface area contributed by atoms with Gasteiger partial charge in [-0.05, 0) is 25.1 Å². The zero-order valence-electron chi connectivity index (χ0n) is 15.7. The van der Waals surface area contributed by atoms with Crippen molar-refractivity contribution >= 4 is 39.2 Å². The molecule has 3 aromatic heterocycles. The molecule has 1 amide bonds. The first kappa shape index (κ1) is 18.4. The highest BCUT2D eigenvalue weighted by molar-refractivity contribution is 7.14. The molecule has 1 aliphatic rings. The Morgan fingerprint density at radius 2 is 2.14 bits per heavy atom. The van der Waals surface area contributed by atoms with Crippen molar-refractivity contribution in [3.63, 3.8) is 0 Å². The number of carbonyl (C=O) groups is 2. The number of hydrogen-bond acceptors (Lipinski definition) is 7. The number of anilines is 1. The highest BCUT2D eigenvalue weighted by Crippen LogP contribution is 2.28. The van der Waals surface area contributed by atoms with E-state index in [2.05, 4.69) is 14.9 Å². The molecule has 1 saturated heterocycles. The van der Waals surface area contributed by atoms with Crippen molar-refractivity contribution < 1.29 is 14.3 Å². The van der Waals surface area contributed by atoms with Gasteiger partial charge in [-0.25, -0.2) is 14.8 Å². The Morgan fingerprint density at radius 1 is 1.29 bits per heavy atom. The van der Waals surface area contributed by atoms with E-state index in [0.29, 0.717) is 25.3 Å². The summed E-state index contributed by atoms with van der Waals surface area (Å²) < 4.78 is 6.70. The second-order valence-corrected chi connectivity index (χ2v) is 7.57. The minimum Gasteiger partial charge on any atom is -0.464 e. The van der Waals surface area contributed by atoms with Gasteiger partial charge in [-0.15, -0.1) is 11.3 Å². The third kappa shape index (κ3) is 3.33. The Labute approximate surface area is 166 Å². The number of amides is 1. The van der Waals surface area contributed by atoms with Crippen molar-refractivity contribution in [3.8, 4) is 0 Å². The number of rotatable bonds is 4. The van der Waals surface area contributed by atoms with E-state index in [0.717, 1.165) is 16.0 Å². The molecule has 0 radical (unpaired) electrons. The lowest BCUT2D eigenvalue weighted by Crippen LogP contribution is -2.54. The van der Waals surface area contributed by atoms with Crippen LogP contribution in [-0.4, -0.2) is 64.1 Å². The Balaban J connectivity index is 1.45. The van der Waals surface area contributed by atoms with E-state index in [-0.39, 0.29) is 18.5 Å². The van der Waals surface area contributed by atoms with Gasteiger partial charge in [0.1, 0.15) is 17.2 Å². The van der Waals surface area contributed by atoms with E-state index in [9.17, 15) is 9.59 Å². The maximum atomic E-state index is 12.9. The molecule has 28 heavy (non-hydrogen) atoms. The Hall–Kier alpha value is -2.94. The van der Waals surface area contributed by atoms with E-state index < -0.39 is 5.97 Å². The van der Waals surface area contributed by atoms with E-state index in [1.807, 2.05) is 40.8 Å². The minimum atomic E-state index is -0.436. The topological polar surface area (TPSA) is 80.6 Å². The Bertz CT molecular complexity index is 1010. The van der Waals surface area contributed by atoms with Gasteiger partial charge in [0.25, 0.3) is 0 Å². The molecule has 8 nitrogen and oxygen atoms in total. The van der Waals surface area contributed by atoms with Crippen LogP contribution in [0.3, 0.4) is 0 Å². The van der Waals surface area contributed by atoms with Gasteiger partial charge in [-0.2, -0.15) is 0 Å². The zero-order valence-corrected chi connectivity index (χ0v) is 16.6. The summed E-state index contributed by atoms with van der Waals surface area (Å²) in [7, 11) is 1.35. The average molecular weight is 399 g/mol. The third-order valence-corrected chi connectivity index (χ3v) is 5.88. The standard InChI is InChI=1S/C19H21N5O3S/c1-13-10-23(18-16(19(26)27-2)21-12-28-18)8-9-24(13)15(25)11-22-7-5-14-4-3-6-20-17(14)22/h3-7,12-13H,8-11H2,1-2H3. The summed E-state index contributed by atoms with van der Waals surface area (Å²) in [6.07, 6.45) is 3.63. The van der Waals surface area contributed by atoms with Crippen molar-refractivity contribution in [2.24, 2.45) is 0 Å². The van der Waals surface area contributed by atoms with E-state index in [1.54, 1.807) is 11.7 Å². The SMILES string of the molecule is COC(=O)c1ncsc1N1CCN(C(=O)Cn2ccc3cccnc32)C(C)C1. The predicted octanol–water partition coefficient (Wildman–Crippen LogP) is 2.02. The summed E-state index contributed by atoms with van der Waals surface area (Å²) in [5, 5.41) is 1.82. The van der Waals surface area contributed by atoms with E-state index in [1.165, 1.54) is 18.4 Å². The van der Waals surface area contributed by atoms with Gasteiger partial charge in [-0.1, -0.05) is 0 Å². The molecule has 0 N–H and O–H groups in total. The number of aromatic nitrogens is 3. The van der Waals surface area contributed by atoms with Gasteiger partial charge in [0, 0.05) is 43.5 Å². The summed E-state index contributed by atoms with van der Waals surface area (Å²) in [4.78, 5) is 37.3. The molecule has 1 unspecified atom stereocenters. The van der Waals surface area contributed by atoms with Crippen LogP contribution in [0.5, 0.6) is 0 Å². The van der Waals surface area contributed by atoms with Crippen LogP contribution in [0.2, 0.25) is 0 Å². The number of pyridine rings is 1. The highest BCUT2D eigenvalue weighted by Gasteiger charge is 2.30. The molecule has 0 saturated carbocycles. The fourth-order valence-corrected chi connectivity index (χ4v) is 4.42. The van der Waals surface area contributed by atoms with Gasteiger partial charge < -0.3 is 19.1 Å². The van der Waals surface area contributed by atoms with Gasteiger partial charge in [0.05, 0.1) is 12.6 Å². The van der Waals surface area contributed by atoms with Gasteiger partial charge in [0.15, 0.2) is 5.69 Å². The lowest BCUT2D eigenvalue weighted by molar-refractivity contribution is -0.134. The first-order valence-electron chi connectivity index (χ1n) is 9.04. The molecule has 0 aromatic carbocycles. The molecular formula is C19H21N5O3S. The number of methoxy groups -OCH3 is 1. The fourth-order valence-electron chi connectivity index (χ4n) is 3.60. The van der Waals surface area contributed by atoms with Crippen molar-refractivity contribution in [1.82, 2.24) is 19.4 Å².